The largest absolute Gasteiger partial charge is 0.271 e. The monoisotopic (exact) mass is 337 g/mol. The van der Waals surface area contributed by atoms with Gasteiger partial charge < -0.3 is 0 Å². The van der Waals surface area contributed by atoms with Crippen LogP contribution in [0.5, 0.6) is 0 Å². The topological polar surface area (TPSA) is 84.6 Å². The van der Waals surface area contributed by atoms with Crippen LogP contribution in [0.1, 0.15) is 15.9 Å². The quantitative estimate of drug-likeness (QED) is 0.524. The lowest BCUT2D eigenvalue weighted by atomic mass is 10.2. The van der Waals surface area contributed by atoms with Crippen molar-refractivity contribution >= 4 is 41.0 Å². The van der Waals surface area contributed by atoms with Gasteiger partial charge in [-0.05, 0) is 23.8 Å². The van der Waals surface area contributed by atoms with E-state index in [-0.39, 0.29) is 11.3 Å². The number of nitro benzene ring substituents is 1. The van der Waals surface area contributed by atoms with Crippen molar-refractivity contribution < 1.29 is 9.72 Å². The number of nitrogens with zero attached hydrogens (tertiary/aromatic N) is 2. The minimum absolute atomic E-state index is 0.139. The van der Waals surface area contributed by atoms with Crippen LogP contribution < -0.4 is 5.43 Å². The minimum Gasteiger partial charge on any atom is -0.267 e. The first-order valence-electron chi connectivity index (χ1n) is 6.00. The van der Waals surface area contributed by atoms with Gasteiger partial charge in [0.2, 0.25) is 0 Å². The fourth-order valence-corrected chi connectivity index (χ4v) is 1.89. The molecular weight excluding hydrogens is 329 g/mol. The summed E-state index contributed by atoms with van der Waals surface area (Å²) in [5.41, 5.74) is 2.90. The zero-order valence-electron chi connectivity index (χ0n) is 11.0. The van der Waals surface area contributed by atoms with Crippen LogP contribution >= 0.6 is 23.2 Å². The van der Waals surface area contributed by atoms with Crippen LogP contribution in [-0.2, 0) is 0 Å². The molecule has 8 heteroatoms. The van der Waals surface area contributed by atoms with Crippen LogP contribution in [0.2, 0.25) is 10.0 Å². The van der Waals surface area contributed by atoms with Gasteiger partial charge in [0, 0.05) is 17.7 Å². The second-order valence-corrected chi connectivity index (χ2v) is 4.99. The van der Waals surface area contributed by atoms with E-state index in [9.17, 15) is 14.9 Å². The third-order valence-electron chi connectivity index (χ3n) is 2.64. The Morgan fingerprint density at radius 3 is 2.64 bits per heavy atom. The number of nitrogens with one attached hydrogen (secondary N) is 1. The number of hydrogen-bond donors (Lipinski definition) is 1. The molecule has 22 heavy (non-hydrogen) atoms. The highest BCUT2D eigenvalue weighted by Gasteiger charge is 2.10. The Morgan fingerprint density at radius 2 is 1.95 bits per heavy atom. The van der Waals surface area contributed by atoms with E-state index in [0.29, 0.717) is 15.6 Å². The third-order valence-corrected chi connectivity index (χ3v) is 3.38. The predicted octanol–water partition coefficient (Wildman–Crippen LogP) is 3.67. The van der Waals surface area contributed by atoms with E-state index in [2.05, 4.69) is 10.5 Å². The number of rotatable bonds is 4. The molecule has 0 unspecified atom stereocenters. The lowest BCUT2D eigenvalue weighted by Crippen LogP contribution is -2.17. The van der Waals surface area contributed by atoms with Gasteiger partial charge in [-0.2, -0.15) is 5.10 Å². The molecule has 0 fully saturated rings. The summed E-state index contributed by atoms with van der Waals surface area (Å²) in [5.74, 6) is -0.556. The third kappa shape index (κ3) is 4.03. The van der Waals surface area contributed by atoms with E-state index in [1.54, 1.807) is 18.2 Å². The first-order chi connectivity index (χ1) is 10.5. The molecule has 0 aromatic heterocycles. The molecule has 112 valence electrons. The maximum Gasteiger partial charge on any atom is 0.271 e. The van der Waals surface area contributed by atoms with Crippen molar-refractivity contribution in [2.75, 3.05) is 0 Å². The molecule has 0 bridgehead atoms. The summed E-state index contributed by atoms with van der Waals surface area (Å²) in [5, 5.41) is 15.2. The van der Waals surface area contributed by atoms with Crippen LogP contribution in [0.3, 0.4) is 0 Å². The van der Waals surface area contributed by atoms with Crippen LogP contribution in [0.25, 0.3) is 0 Å². The number of benzene rings is 2. The average Bonchev–Trinajstić information content (AvgIpc) is 2.51. The summed E-state index contributed by atoms with van der Waals surface area (Å²) < 4.78 is 0. The van der Waals surface area contributed by atoms with Gasteiger partial charge in [0.05, 0.1) is 21.2 Å². The van der Waals surface area contributed by atoms with Gasteiger partial charge in [0.1, 0.15) is 0 Å². The number of amides is 1. The molecule has 0 aliphatic carbocycles. The van der Waals surface area contributed by atoms with Gasteiger partial charge in [-0.3, -0.25) is 14.9 Å². The van der Waals surface area contributed by atoms with E-state index >= 15 is 0 Å². The number of halogens is 2. The number of carbonyl (C=O) groups is 1. The summed E-state index contributed by atoms with van der Waals surface area (Å²) in [4.78, 5) is 21.9. The van der Waals surface area contributed by atoms with Crippen molar-refractivity contribution in [2.24, 2.45) is 5.10 Å². The summed E-state index contributed by atoms with van der Waals surface area (Å²) in [6.45, 7) is 0. The standard InChI is InChI=1S/C14H9Cl2N3O3/c15-12-5-4-9(6-13(12)16)8-17-18-14(20)10-2-1-3-11(7-10)19(21)22/h1-8H,(H,18,20)/b17-8-. The van der Waals surface area contributed by atoms with Crippen molar-refractivity contribution in [3.63, 3.8) is 0 Å². The summed E-state index contributed by atoms with van der Waals surface area (Å²) in [7, 11) is 0. The highest BCUT2D eigenvalue weighted by Crippen LogP contribution is 2.21. The van der Waals surface area contributed by atoms with Crippen molar-refractivity contribution in [1.29, 1.82) is 0 Å². The molecule has 0 radical (unpaired) electrons. The molecule has 0 heterocycles. The summed E-state index contributed by atoms with van der Waals surface area (Å²) in [6.07, 6.45) is 1.39. The normalized spacial score (nSPS) is 10.6. The highest BCUT2D eigenvalue weighted by molar-refractivity contribution is 6.42. The highest BCUT2D eigenvalue weighted by atomic mass is 35.5. The van der Waals surface area contributed by atoms with Crippen molar-refractivity contribution in [2.45, 2.75) is 0 Å². The molecule has 6 nitrogen and oxygen atoms in total. The molecule has 2 aromatic carbocycles. The van der Waals surface area contributed by atoms with Gasteiger partial charge in [-0.1, -0.05) is 35.3 Å². The van der Waals surface area contributed by atoms with Gasteiger partial charge in [-0.15, -0.1) is 0 Å². The van der Waals surface area contributed by atoms with Gasteiger partial charge in [0.15, 0.2) is 0 Å². The molecule has 0 spiro atoms. The molecule has 1 N–H and O–H groups in total. The molecule has 0 atom stereocenters. The Balaban J connectivity index is 2.06. The molecule has 0 saturated carbocycles. The van der Waals surface area contributed by atoms with Crippen LogP contribution in [0.15, 0.2) is 47.6 Å². The Kier molecular flexibility index (Phi) is 5.08. The van der Waals surface area contributed by atoms with E-state index in [1.807, 2.05) is 0 Å². The molecule has 2 rings (SSSR count). The summed E-state index contributed by atoms with van der Waals surface area (Å²) >= 11 is 11.6. The van der Waals surface area contributed by atoms with E-state index in [0.717, 1.165) is 0 Å². The zero-order valence-corrected chi connectivity index (χ0v) is 12.5. The Bertz CT molecular complexity index is 763. The predicted molar refractivity (Wildman–Crippen MR) is 84.6 cm³/mol. The Labute approximate surface area is 135 Å². The first-order valence-corrected chi connectivity index (χ1v) is 6.76. The average molecular weight is 338 g/mol. The number of carbonyl (C=O) groups excluding carboxylic acids is 1. The van der Waals surface area contributed by atoms with Crippen molar-refractivity contribution in [1.82, 2.24) is 5.43 Å². The first kappa shape index (κ1) is 15.9. The van der Waals surface area contributed by atoms with E-state index in [4.69, 9.17) is 23.2 Å². The Hall–Kier alpha value is -2.44. The number of nitro groups is 1. The van der Waals surface area contributed by atoms with E-state index < -0.39 is 10.8 Å². The minimum atomic E-state index is -0.574. The fourth-order valence-electron chi connectivity index (χ4n) is 1.58. The fraction of sp³-hybridized carbons (Fsp3) is 0. The number of non-ortho nitro benzene ring substituents is 1. The van der Waals surface area contributed by atoms with Crippen LogP contribution in [0, 0.1) is 10.1 Å². The molecule has 0 saturated heterocycles. The van der Waals surface area contributed by atoms with Crippen molar-refractivity contribution in [3.05, 3.63) is 73.8 Å². The van der Waals surface area contributed by atoms with E-state index in [1.165, 1.54) is 30.5 Å². The number of hydrogen-bond acceptors (Lipinski definition) is 4. The zero-order chi connectivity index (χ0) is 16.1. The maximum atomic E-state index is 11.8. The lowest BCUT2D eigenvalue weighted by molar-refractivity contribution is -0.384. The number of hydrazone groups is 1. The molecule has 1 amide bonds. The Morgan fingerprint density at radius 1 is 1.18 bits per heavy atom. The SMILES string of the molecule is O=C(N/N=C\c1ccc(Cl)c(Cl)c1)c1cccc([N+](=O)[O-])c1. The molecule has 0 aliphatic rings. The smallest absolute Gasteiger partial charge is 0.267 e. The van der Waals surface area contributed by atoms with Gasteiger partial charge in [0.25, 0.3) is 11.6 Å². The van der Waals surface area contributed by atoms with Crippen LogP contribution in [-0.4, -0.2) is 17.0 Å². The van der Waals surface area contributed by atoms with Gasteiger partial charge in [-0.25, -0.2) is 5.43 Å². The summed E-state index contributed by atoms with van der Waals surface area (Å²) in [6, 6.07) is 10.2. The molecule has 2 aromatic rings. The van der Waals surface area contributed by atoms with Gasteiger partial charge >= 0.3 is 0 Å². The second-order valence-electron chi connectivity index (χ2n) is 4.18. The maximum absolute atomic E-state index is 11.8. The van der Waals surface area contributed by atoms with Crippen molar-refractivity contribution in [3.8, 4) is 0 Å². The molecular formula is C14H9Cl2N3O3. The van der Waals surface area contributed by atoms with Crippen LogP contribution in [0.4, 0.5) is 5.69 Å². The molecule has 0 aliphatic heterocycles. The lowest BCUT2D eigenvalue weighted by Gasteiger charge is -2.00. The second kappa shape index (κ2) is 7.02.